The molecule has 1 saturated heterocycles. The quantitative estimate of drug-likeness (QED) is 0.498. The lowest BCUT2D eigenvalue weighted by Gasteiger charge is -2.40. The van der Waals surface area contributed by atoms with Gasteiger partial charge in [-0.25, -0.2) is 0 Å². The van der Waals surface area contributed by atoms with Crippen molar-refractivity contribution in [1.29, 1.82) is 5.26 Å². The van der Waals surface area contributed by atoms with Crippen LogP contribution in [0.4, 0.5) is 13.2 Å². The van der Waals surface area contributed by atoms with Gasteiger partial charge in [-0.05, 0) is 42.2 Å². The Balaban J connectivity index is 1.53. The zero-order chi connectivity index (χ0) is 21.6. The number of fused-ring (bicyclic) bond motifs is 1. The van der Waals surface area contributed by atoms with Crippen molar-refractivity contribution in [1.82, 2.24) is 0 Å². The minimum absolute atomic E-state index is 0.240. The SMILES string of the molecule is N#CC1(CCC2(c3ccoc3)OCCO2)Cc2cc(OS(=O)(=O)C(F)(F)F)ccc21. The Morgan fingerprint density at radius 2 is 1.90 bits per heavy atom. The highest BCUT2D eigenvalue weighted by Gasteiger charge is 2.50. The predicted octanol–water partition coefficient (Wildman–Crippen LogP) is 3.51. The number of alkyl halides is 3. The van der Waals surface area contributed by atoms with Crippen LogP contribution in [0.2, 0.25) is 0 Å². The van der Waals surface area contributed by atoms with Gasteiger partial charge in [0.05, 0.1) is 37.2 Å². The predicted molar refractivity (Wildman–Crippen MR) is 94.6 cm³/mol. The van der Waals surface area contributed by atoms with Crippen molar-refractivity contribution in [3.05, 3.63) is 53.5 Å². The van der Waals surface area contributed by atoms with E-state index in [-0.39, 0.29) is 6.42 Å². The van der Waals surface area contributed by atoms with Crippen molar-refractivity contribution in [3.8, 4) is 11.8 Å². The van der Waals surface area contributed by atoms with Crippen LogP contribution in [-0.2, 0) is 37.2 Å². The largest absolute Gasteiger partial charge is 0.534 e. The Morgan fingerprint density at radius 1 is 1.17 bits per heavy atom. The number of rotatable bonds is 6. The van der Waals surface area contributed by atoms with Crippen molar-refractivity contribution in [2.75, 3.05) is 13.2 Å². The fraction of sp³-hybridized carbons (Fsp3) is 0.421. The summed E-state index contributed by atoms with van der Waals surface area (Å²) in [6.45, 7) is 0.797. The molecule has 1 fully saturated rings. The summed E-state index contributed by atoms with van der Waals surface area (Å²) in [6.07, 6.45) is 3.98. The van der Waals surface area contributed by atoms with Gasteiger partial charge in [-0.1, -0.05) is 6.07 Å². The smallest absolute Gasteiger partial charge is 0.472 e. The van der Waals surface area contributed by atoms with Crippen LogP contribution in [0, 0.1) is 11.3 Å². The molecule has 1 unspecified atom stereocenters. The molecule has 1 aliphatic heterocycles. The fourth-order valence-electron chi connectivity index (χ4n) is 3.87. The summed E-state index contributed by atoms with van der Waals surface area (Å²) in [5, 5.41) is 9.81. The van der Waals surface area contributed by atoms with Crippen LogP contribution in [0.15, 0.2) is 41.2 Å². The average molecular weight is 443 g/mol. The first kappa shape index (κ1) is 20.7. The molecule has 160 valence electrons. The van der Waals surface area contributed by atoms with Crippen LogP contribution in [-0.4, -0.2) is 27.1 Å². The number of furan rings is 1. The molecule has 0 saturated carbocycles. The third kappa shape index (κ3) is 3.34. The maximum Gasteiger partial charge on any atom is 0.534 e. The standard InChI is InChI=1S/C19H16F3NO6S/c20-19(21,22)30(24,25)29-15-1-2-16-13(9-15)10-17(16,12-23)4-5-18(27-7-8-28-18)14-3-6-26-11-14/h1-3,6,9,11H,4-5,7-8,10H2. The Kier molecular flexibility index (Phi) is 4.84. The summed E-state index contributed by atoms with van der Waals surface area (Å²) in [5.41, 5.74) is -4.54. The van der Waals surface area contributed by atoms with Crippen molar-refractivity contribution >= 4 is 10.1 Å². The van der Waals surface area contributed by atoms with Gasteiger partial charge in [-0.2, -0.15) is 26.9 Å². The second-order valence-electron chi connectivity index (χ2n) is 7.13. The first-order valence-corrected chi connectivity index (χ1v) is 10.4. The molecule has 0 amide bonds. The van der Waals surface area contributed by atoms with E-state index in [2.05, 4.69) is 10.3 Å². The van der Waals surface area contributed by atoms with Gasteiger partial charge >= 0.3 is 15.6 Å². The molecule has 1 aliphatic carbocycles. The number of benzene rings is 1. The molecule has 1 aromatic carbocycles. The molecule has 11 heteroatoms. The number of hydrogen-bond donors (Lipinski definition) is 0. The van der Waals surface area contributed by atoms with Crippen LogP contribution in [0.1, 0.15) is 29.5 Å². The van der Waals surface area contributed by atoms with Gasteiger partial charge < -0.3 is 18.1 Å². The fourth-order valence-corrected chi connectivity index (χ4v) is 4.32. The third-order valence-electron chi connectivity index (χ3n) is 5.38. The molecule has 2 heterocycles. The van der Waals surface area contributed by atoms with Crippen LogP contribution in [0.25, 0.3) is 0 Å². The topological polar surface area (TPSA) is 98.8 Å². The number of ether oxygens (including phenoxy) is 2. The van der Waals surface area contributed by atoms with E-state index in [9.17, 15) is 26.9 Å². The molecule has 4 rings (SSSR count). The molecular weight excluding hydrogens is 427 g/mol. The Bertz CT molecular complexity index is 1080. The highest BCUT2D eigenvalue weighted by atomic mass is 32.2. The van der Waals surface area contributed by atoms with Gasteiger partial charge in [0, 0.05) is 12.0 Å². The molecule has 1 aromatic heterocycles. The second-order valence-corrected chi connectivity index (χ2v) is 8.67. The Labute approximate surface area is 170 Å². The van der Waals surface area contributed by atoms with Gasteiger partial charge in [0.15, 0.2) is 5.79 Å². The lowest BCUT2D eigenvalue weighted by atomic mass is 9.62. The van der Waals surface area contributed by atoms with Crippen molar-refractivity contribution < 1.29 is 39.7 Å². The van der Waals surface area contributed by atoms with E-state index in [1.807, 2.05) is 0 Å². The van der Waals surface area contributed by atoms with Gasteiger partial charge in [-0.3, -0.25) is 0 Å². The second kappa shape index (κ2) is 7.01. The Morgan fingerprint density at radius 3 is 2.47 bits per heavy atom. The molecule has 2 aliphatic rings. The van der Waals surface area contributed by atoms with Gasteiger partial charge in [0.25, 0.3) is 0 Å². The van der Waals surface area contributed by atoms with E-state index in [4.69, 9.17) is 13.9 Å². The number of hydrogen-bond acceptors (Lipinski definition) is 7. The normalized spacial score (nSPS) is 22.7. The minimum Gasteiger partial charge on any atom is -0.472 e. The highest BCUT2D eigenvalue weighted by Crippen LogP contribution is 2.48. The summed E-state index contributed by atoms with van der Waals surface area (Å²) in [7, 11) is -5.75. The summed E-state index contributed by atoms with van der Waals surface area (Å²) < 4.78 is 80.8. The summed E-state index contributed by atoms with van der Waals surface area (Å²) in [5.74, 6) is -1.47. The summed E-state index contributed by atoms with van der Waals surface area (Å²) >= 11 is 0. The zero-order valence-corrected chi connectivity index (χ0v) is 16.3. The number of nitriles is 1. The van der Waals surface area contributed by atoms with E-state index in [0.29, 0.717) is 42.7 Å². The van der Waals surface area contributed by atoms with Gasteiger partial charge in [0.2, 0.25) is 0 Å². The third-order valence-corrected chi connectivity index (χ3v) is 6.36. The van der Waals surface area contributed by atoms with E-state index < -0.39 is 32.6 Å². The van der Waals surface area contributed by atoms with Crippen LogP contribution in [0.5, 0.6) is 5.75 Å². The highest BCUT2D eigenvalue weighted by molar-refractivity contribution is 7.88. The van der Waals surface area contributed by atoms with E-state index in [1.54, 1.807) is 6.07 Å². The average Bonchev–Trinajstić information content (AvgIpc) is 3.34. The summed E-state index contributed by atoms with van der Waals surface area (Å²) in [6, 6.07) is 7.75. The molecule has 0 N–H and O–H groups in total. The van der Waals surface area contributed by atoms with Crippen molar-refractivity contribution in [3.63, 3.8) is 0 Å². The zero-order valence-electron chi connectivity index (χ0n) is 15.4. The number of nitrogens with zero attached hydrogens (tertiary/aromatic N) is 1. The van der Waals surface area contributed by atoms with Crippen molar-refractivity contribution in [2.45, 2.75) is 36.0 Å². The molecule has 0 bridgehead atoms. The molecular formula is C19H16F3NO6S. The van der Waals surface area contributed by atoms with E-state index in [0.717, 1.165) is 6.07 Å². The number of halogens is 3. The maximum absolute atomic E-state index is 12.5. The van der Waals surface area contributed by atoms with E-state index in [1.165, 1.54) is 24.7 Å². The monoisotopic (exact) mass is 443 g/mol. The van der Waals surface area contributed by atoms with E-state index >= 15 is 0 Å². The van der Waals surface area contributed by atoms with Gasteiger partial charge in [0.1, 0.15) is 5.75 Å². The molecule has 1 atom stereocenters. The van der Waals surface area contributed by atoms with Crippen LogP contribution in [0.3, 0.4) is 0 Å². The molecule has 0 radical (unpaired) electrons. The van der Waals surface area contributed by atoms with Crippen LogP contribution < -0.4 is 4.18 Å². The molecule has 7 nitrogen and oxygen atoms in total. The van der Waals surface area contributed by atoms with Crippen molar-refractivity contribution in [2.24, 2.45) is 0 Å². The molecule has 0 spiro atoms. The lowest BCUT2D eigenvalue weighted by molar-refractivity contribution is -0.173. The maximum atomic E-state index is 12.5. The summed E-state index contributed by atoms with van der Waals surface area (Å²) in [4.78, 5) is 0. The first-order valence-electron chi connectivity index (χ1n) is 8.97. The molecule has 2 aromatic rings. The molecule has 30 heavy (non-hydrogen) atoms. The van der Waals surface area contributed by atoms with Crippen LogP contribution >= 0.6 is 0 Å². The lowest BCUT2D eigenvalue weighted by Crippen LogP contribution is -2.40. The Hall–Kier alpha value is -2.55. The first-order chi connectivity index (χ1) is 14.1. The van der Waals surface area contributed by atoms with Gasteiger partial charge in [-0.15, -0.1) is 0 Å². The minimum atomic E-state index is -5.75.